The number of hydrogen-bond donors (Lipinski definition) is 0. The fourth-order valence-corrected chi connectivity index (χ4v) is 3.69. The van der Waals surface area contributed by atoms with Crippen LogP contribution in [-0.4, -0.2) is 16.6 Å². The van der Waals surface area contributed by atoms with Crippen molar-refractivity contribution in [2.45, 2.75) is 11.3 Å². The van der Waals surface area contributed by atoms with Crippen LogP contribution in [0.2, 0.25) is 0 Å². The molecule has 2 rings (SSSR count). The number of halogens is 1. The maximum Gasteiger partial charge on any atom is 0.119 e. The Balaban J connectivity index is 1.78. The van der Waals surface area contributed by atoms with Crippen LogP contribution in [0.15, 0.2) is 57.9 Å². The summed E-state index contributed by atoms with van der Waals surface area (Å²) in [5, 5.41) is 8.71. The van der Waals surface area contributed by atoms with Gasteiger partial charge in [0.2, 0.25) is 0 Å². The zero-order chi connectivity index (χ0) is 15.1. The molecular formula is C16H14BrNO2S. The third-order valence-corrected chi connectivity index (χ3v) is 5.27. The second-order valence-electron chi connectivity index (χ2n) is 4.32. The third-order valence-electron chi connectivity index (χ3n) is 2.81. The molecule has 0 saturated heterocycles. The first-order valence-corrected chi connectivity index (χ1v) is 8.58. The van der Waals surface area contributed by atoms with Gasteiger partial charge in [-0.25, -0.2) is 0 Å². The molecule has 2 aromatic carbocycles. The molecule has 0 saturated carbocycles. The summed E-state index contributed by atoms with van der Waals surface area (Å²) < 4.78 is 18.6. The molecule has 0 bridgehead atoms. The second-order valence-corrected chi connectivity index (χ2v) is 6.71. The summed E-state index contributed by atoms with van der Waals surface area (Å²) in [6, 6.07) is 16.6. The maximum atomic E-state index is 12.1. The van der Waals surface area contributed by atoms with E-state index in [9.17, 15) is 4.21 Å². The van der Waals surface area contributed by atoms with E-state index in [0.29, 0.717) is 24.3 Å². The van der Waals surface area contributed by atoms with Crippen molar-refractivity contribution in [2.75, 3.05) is 12.4 Å². The Hall–Kier alpha value is -1.64. The molecule has 0 spiro atoms. The molecule has 21 heavy (non-hydrogen) atoms. The number of nitriles is 1. The van der Waals surface area contributed by atoms with Gasteiger partial charge in [-0.3, -0.25) is 4.21 Å². The fraction of sp³-hybridized carbons (Fsp3) is 0.188. The van der Waals surface area contributed by atoms with Gasteiger partial charge >= 0.3 is 0 Å². The van der Waals surface area contributed by atoms with Crippen molar-refractivity contribution in [3.63, 3.8) is 0 Å². The predicted molar refractivity (Wildman–Crippen MR) is 86.7 cm³/mol. The van der Waals surface area contributed by atoms with E-state index in [4.69, 9.17) is 10.00 Å². The number of rotatable bonds is 6. The average molecular weight is 364 g/mol. The van der Waals surface area contributed by atoms with E-state index in [1.165, 1.54) is 0 Å². The van der Waals surface area contributed by atoms with Gasteiger partial charge in [0.25, 0.3) is 0 Å². The first kappa shape index (κ1) is 15.7. The van der Waals surface area contributed by atoms with Crippen molar-refractivity contribution in [1.82, 2.24) is 0 Å². The molecule has 3 nitrogen and oxygen atoms in total. The van der Waals surface area contributed by atoms with Crippen LogP contribution in [-0.2, 0) is 10.8 Å². The molecule has 0 amide bonds. The standard InChI is InChI=1S/C16H14BrNO2S/c17-15-4-1-2-5-16(15)21(19)11-3-10-20-14-8-6-13(12-18)7-9-14/h1-2,4-9H,3,10-11H2. The number of nitrogens with zero attached hydrogens (tertiary/aromatic N) is 1. The Kier molecular flexibility index (Phi) is 5.97. The molecule has 0 heterocycles. The lowest BCUT2D eigenvalue weighted by Gasteiger charge is -2.07. The molecule has 0 aliphatic rings. The molecule has 1 unspecified atom stereocenters. The van der Waals surface area contributed by atoms with Gasteiger partial charge in [0.15, 0.2) is 0 Å². The maximum absolute atomic E-state index is 12.1. The van der Waals surface area contributed by atoms with Crippen molar-refractivity contribution in [1.29, 1.82) is 5.26 Å². The fourth-order valence-electron chi connectivity index (χ4n) is 1.75. The Morgan fingerprint density at radius 3 is 2.52 bits per heavy atom. The van der Waals surface area contributed by atoms with Crippen molar-refractivity contribution >= 4 is 26.7 Å². The molecule has 108 valence electrons. The zero-order valence-electron chi connectivity index (χ0n) is 11.3. The van der Waals surface area contributed by atoms with Gasteiger partial charge in [-0.1, -0.05) is 12.1 Å². The minimum atomic E-state index is -1.03. The summed E-state index contributed by atoms with van der Waals surface area (Å²) >= 11 is 3.41. The zero-order valence-corrected chi connectivity index (χ0v) is 13.7. The minimum Gasteiger partial charge on any atom is -0.494 e. The summed E-state index contributed by atoms with van der Waals surface area (Å²) in [7, 11) is -1.03. The lowest BCUT2D eigenvalue weighted by atomic mass is 10.2. The highest BCUT2D eigenvalue weighted by atomic mass is 79.9. The number of hydrogen-bond acceptors (Lipinski definition) is 3. The highest BCUT2D eigenvalue weighted by molar-refractivity contribution is 9.10. The lowest BCUT2D eigenvalue weighted by Crippen LogP contribution is -2.05. The van der Waals surface area contributed by atoms with Gasteiger partial charge in [0.05, 0.1) is 33.9 Å². The van der Waals surface area contributed by atoms with E-state index < -0.39 is 10.8 Å². The molecule has 0 aromatic heterocycles. The number of benzene rings is 2. The summed E-state index contributed by atoms with van der Waals surface area (Å²) in [6.07, 6.45) is 0.702. The van der Waals surface area contributed by atoms with Crippen LogP contribution in [0.4, 0.5) is 0 Å². The first-order valence-electron chi connectivity index (χ1n) is 6.46. The smallest absolute Gasteiger partial charge is 0.119 e. The molecule has 0 N–H and O–H groups in total. The third kappa shape index (κ3) is 4.69. The van der Waals surface area contributed by atoms with E-state index in [1.807, 2.05) is 24.3 Å². The van der Waals surface area contributed by atoms with Crippen molar-refractivity contribution in [2.24, 2.45) is 0 Å². The Morgan fingerprint density at radius 1 is 1.14 bits per heavy atom. The van der Waals surface area contributed by atoms with E-state index in [0.717, 1.165) is 15.1 Å². The first-order chi connectivity index (χ1) is 10.2. The molecular weight excluding hydrogens is 350 g/mol. The molecule has 5 heteroatoms. The molecule has 0 fully saturated rings. The summed E-state index contributed by atoms with van der Waals surface area (Å²) in [5.41, 5.74) is 0.609. The van der Waals surface area contributed by atoms with Crippen LogP contribution in [0.5, 0.6) is 5.75 Å². The van der Waals surface area contributed by atoms with E-state index in [1.54, 1.807) is 24.3 Å². The van der Waals surface area contributed by atoms with E-state index >= 15 is 0 Å². The Morgan fingerprint density at radius 2 is 1.86 bits per heavy atom. The van der Waals surface area contributed by atoms with E-state index in [-0.39, 0.29) is 0 Å². The van der Waals surface area contributed by atoms with Crippen LogP contribution < -0.4 is 4.74 Å². The molecule has 0 aliphatic carbocycles. The SMILES string of the molecule is N#Cc1ccc(OCCCS(=O)c2ccccc2Br)cc1. The lowest BCUT2D eigenvalue weighted by molar-refractivity contribution is 0.318. The van der Waals surface area contributed by atoms with Gasteiger partial charge < -0.3 is 4.74 Å². The highest BCUT2D eigenvalue weighted by Crippen LogP contribution is 2.20. The van der Waals surface area contributed by atoms with Gasteiger partial charge in [-0.2, -0.15) is 5.26 Å². The molecule has 0 radical (unpaired) electrons. The van der Waals surface area contributed by atoms with Crippen molar-refractivity contribution in [3.05, 3.63) is 58.6 Å². The monoisotopic (exact) mass is 363 g/mol. The predicted octanol–water partition coefficient (Wildman–Crippen LogP) is 3.90. The van der Waals surface area contributed by atoms with Crippen molar-refractivity contribution < 1.29 is 8.95 Å². The highest BCUT2D eigenvalue weighted by Gasteiger charge is 2.07. The average Bonchev–Trinajstić information content (AvgIpc) is 2.52. The van der Waals surface area contributed by atoms with Gasteiger partial charge in [0, 0.05) is 10.2 Å². The molecule has 1 atom stereocenters. The van der Waals surface area contributed by atoms with Gasteiger partial charge in [0.1, 0.15) is 5.75 Å². The molecule has 2 aromatic rings. The molecule has 0 aliphatic heterocycles. The Bertz CT molecular complexity index is 665. The van der Waals surface area contributed by atoms with Crippen LogP contribution in [0, 0.1) is 11.3 Å². The van der Waals surface area contributed by atoms with Gasteiger partial charge in [-0.15, -0.1) is 0 Å². The normalized spacial score (nSPS) is 11.6. The summed E-state index contributed by atoms with van der Waals surface area (Å²) in [6.45, 7) is 0.502. The topological polar surface area (TPSA) is 50.1 Å². The minimum absolute atomic E-state index is 0.502. The summed E-state index contributed by atoms with van der Waals surface area (Å²) in [5.74, 6) is 1.28. The summed E-state index contributed by atoms with van der Waals surface area (Å²) in [4.78, 5) is 0.816. The Labute approximate surface area is 135 Å². The van der Waals surface area contributed by atoms with E-state index in [2.05, 4.69) is 22.0 Å². The van der Waals surface area contributed by atoms with Gasteiger partial charge in [-0.05, 0) is 58.7 Å². The quantitative estimate of drug-likeness (QED) is 0.731. The number of ether oxygens (including phenoxy) is 1. The van der Waals surface area contributed by atoms with Crippen LogP contribution in [0.3, 0.4) is 0 Å². The largest absolute Gasteiger partial charge is 0.494 e. The van der Waals surface area contributed by atoms with Crippen LogP contribution in [0.1, 0.15) is 12.0 Å². The van der Waals surface area contributed by atoms with Crippen LogP contribution in [0.25, 0.3) is 0 Å². The van der Waals surface area contributed by atoms with Crippen molar-refractivity contribution in [3.8, 4) is 11.8 Å². The van der Waals surface area contributed by atoms with Crippen LogP contribution >= 0.6 is 15.9 Å². The second kappa shape index (κ2) is 7.96.